The molecule has 5 rings (SSSR count). The second-order valence-electron chi connectivity index (χ2n) is 7.96. The molecule has 2 saturated heterocycles. The zero-order valence-corrected chi connectivity index (χ0v) is 18.9. The van der Waals surface area contributed by atoms with Gasteiger partial charge in [0.2, 0.25) is 6.29 Å². The van der Waals surface area contributed by atoms with Gasteiger partial charge in [-0.25, -0.2) is 0 Å². The summed E-state index contributed by atoms with van der Waals surface area (Å²) in [7, 11) is 0. The summed E-state index contributed by atoms with van der Waals surface area (Å²) in [5.74, 6) is -0.0436. The number of aliphatic hydroxyl groups is 1. The van der Waals surface area contributed by atoms with Gasteiger partial charge in [0.25, 0.3) is 5.91 Å². The fourth-order valence-electron chi connectivity index (χ4n) is 4.01. The maximum atomic E-state index is 12.8. The van der Waals surface area contributed by atoms with E-state index in [1.807, 2.05) is 24.3 Å². The molecule has 2 aliphatic rings. The Hall–Kier alpha value is -2.29. The Balaban J connectivity index is 1.35. The van der Waals surface area contributed by atoms with Gasteiger partial charge in [-0.05, 0) is 59.7 Å². The molecule has 0 radical (unpaired) electrons. The van der Waals surface area contributed by atoms with Gasteiger partial charge < -0.3 is 19.5 Å². The summed E-state index contributed by atoms with van der Waals surface area (Å²) in [5.41, 5.74) is 4.33. The number of nitrogens with zero attached hydrogens (tertiary/aromatic N) is 2. The summed E-state index contributed by atoms with van der Waals surface area (Å²) < 4.78 is 11.1. The lowest BCUT2D eigenvalue weighted by molar-refractivity contribution is -0.0472. The van der Waals surface area contributed by atoms with E-state index in [1.165, 1.54) is 0 Å². The predicted octanol–water partition coefficient (Wildman–Crippen LogP) is 4.77. The number of amides is 1. The van der Waals surface area contributed by atoms with Crippen molar-refractivity contribution in [1.82, 2.24) is 9.88 Å². The Morgan fingerprint density at radius 2 is 1.88 bits per heavy atom. The van der Waals surface area contributed by atoms with Gasteiger partial charge in [0, 0.05) is 35.3 Å². The average molecular weight is 471 g/mol. The first kappa shape index (κ1) is 21.6. The lowest BCUT2D eigenvalue weighted by atomic mass is 10.0. The van der Waals surface area contributed by atoms with Crippen molar-refractivity contribution in [3.63, 3.8) is 0 Å². The molecule has 2 fully saturated rings. The van der Waals surface area contributed by atoms with Crippen molar-refractivity contribution in [2.45, 2.75) is 25.2 Å². The van der Waals surface area contributed by atoms with Crippen LogP contribution < -0.4 is 0 Å². The zero-order chi connectivity index (χ0) is 22.1. The van der Waals surface area contributed by atoms with Crippen LogP contribution in [0.3, 0.4) is 0 Å². The number of aromatic nitrogens is 1. The van der Waals surface area contributed by atoms with E-state index in [-0.39, 0.29) is 12.0 Å². The van der Waals surface area contributed by atoms with E-state index in [1.54, 1.807) is 28.5 Å². The number of hydrogen-bond donors (Lipinski definition) is 1. The van der Waals surface area contributed by atoms with Crippen molar-refractivity contribution in [2.75, 3.05) is 26.3 Å². The number of ether oxygens (including phenoxy) is 2. The summed E-state index contributed by atoms with van der Waals surface area (Å²) in [4.78, 5) is 20.0. The van der Waals surface area contributed by atoms with Crippen LogP contribution in [0.15, 0.2) is 48.0 Å². The lowest BCUT2D eigenvalue weighted by Crippen LogP contribution is -2.40. The highest BCUT2D eigenvalue weighted by Crippen LogP contribution is 2.37. The average Bonchev–Trinajstić information content (AvgIpc) is 3.52. The number of likely N-dealkylation sites (tertiary alicyclic amines) is 1. The van der Waals surface area contributed by atoms with Crippen LogP contribution in [0, 0.1) is 0 Å². The first-order valence-corrected chi connectivity index (χ1v) is 11.9. The smallest absolute Gasteiger partial charge is 0.253 e. The molecule has 0 spiro atoms. The summed E-state index contributed by atoms with van der Waals surface area (Å²) in [6, 6.07) is 11.5. The van der Waals surface area contributed by atoms with Crippen molar-refractivity contribution in [3.8, 4) is 21.6 Å². The standard InChI is InChI=1S/C24H23ClN2O4S/c25-20-11-16(23(29)27-7-4-18(28)5-8-27)1-2-19(20)22-13-17(14-32-22)15-3-6-26-21(12-15)24-30-9-10-31-24/h1-3,6,11-14,18,24,28H,4-5,7-10H2. The molecule has 166 valence electrons. The second kappa shape index (κ2) is 9.29. The Kier molecular flexibility index (Phi) is 6.26. The van der Waals surface area contributed by atoms with Gasteiger partial charge in [-0.15, -0.1) is 11.3 Å². The van der Waals surface area contributed by atoms with Crippen molar-refractivity contribution >= 4 is 28.8 Å². The molecule has 6 nitrogen and oxygen atoms in total. The van der Waals surface area contributed by atoms with Crippen molar-refractivity contribution in [1.29, 1.82) is 0 Å². The van der Waals surface area contributed by atoms with Gasteiger partial charge in [0.1, 0.15) is 0 Å². The molecule has 0 unspecified atom stereocenters. The van der Waals surface area contributed by atoms with Crippen molar-refractivity contribution < 1.29 is 19.4 Å². The summed E-state index contributed by atoms with van der Waals surface area (Å²) in [6.07, 6.45) is 2.28. The molecule has 1 N–H and O–H groups in total. The number of piperidine rings is 1. The van der Waals surface area contributed by atoms with Gasteiger partial charge >= 0.3 is 0 Å². The van der Waals surface area contributed by atoms with E-state index in [0.717, 1.165) is 27.3 Å². The third kappa shape index (κ3) is 4.44. The van der Waals surface area contributed by atoms with E-state index in [4.69, 9.17) is 21.1 Å². The number of hydrogen-bond acceptors (Lipinski definition) is 6. The quantitative estimate of drug-likeness (QED) is 0.594. The molecule has 8 heteroatoms. The molecule has 0 aliphatic carbocycles. The molecule has 0 saturated carbocycles. The molecule has 0 atom stereocenters. The monoisotopic (exact) mass is 470 g/mol. The number of thiophene rings is 1. The minimum absolute atomic E-state index is 0.0436. The highest BCUT2D eigenvalue weighted by molar-refractivity contribution is 7.14. The lowest BCUT2D eigenvalue weighted by Gasteiger charge is -2.29. The van der Waals surface area contributed by atoms with Gasteiger partial charge in [0.15, 0.2) is 0 Å². The Morgan fingerprint density at radius 1 is 1.09 bits per heavy atom. The molecule has 2 aromatic heterocycles. The topological polar surface area (TPSA) is 71.9 Å². The minimum Gasteiger partial charge on any atom is -0.393 e. The Bertz CT molecular complexity index is 1120. The number of halogens is 1. The number of carbonyl (C=O) groups excluding carboxylic acids is 1. The third-order valence-corrected chi connectivity index (χ3v) is 7.09. The molecular formula is C24H23ClN2O4S. The largest absolute Gasteiger partial charge is 0.393 e. The number of rotatable bonds is 4. The fourth-order valence-corrected chi connectivity index (χ4v) is 5.31. The number of pyridine rings is 1. The van der Waals surface area contributed by atoms with Crippen LogP contribution in [0.4, 0.5) is 0 Å². The van der Waals surface area contributed by atoms with E-state index < -0.39 is 6.29 Å². The first-order valence-electron chi connectivity index (χ1n) is 10.6. The molecule has 2 aliphatic heterocycles. The van der Waals surface area contributed by atoms with Crippen LogP contribution in [-0.2, 0) is 9.47 Å². The Morgan fingerprint density at radius 3 is 2.62 bits per heavy atom. The van der Waals surface area contributed by atoms with Gasteiger partial charge in [-0.2, -0.15) is 0 Å². The molecule has 4 heterocycles. The van der Waals surface area contributed by atoms with Crippen LogP contribution in [-0.4, -0.2) is 53.3 Å². The zero-order valence-electron chi connectivity index (χ0n) is 17.4. The minimum atomic E-state index is -0.407. The number of aliphatic hydroxyl groups excluding tert-OH is 1. The maximum absolute atomic E-state index is 12.8. The van der Waals surface area contributed by atoms with Crippen LogP contribution in [0.2, 0.25) is 5.02 Å². The second-order valence-corrected chi connectivity index (χ2v) is 9.28. The van der Waals surface area contributed by atoms with E-state index >= 15 is 0 Å². The fraction of sp³-hybridized carbons (Fsp3) is 0.333. The van der Waals surface area contributed by atoms with Crippen LogP contribution in [0.1, 0.15) is 35.2 Å². The third-order valence-electron chi connectivity index (χ3n) is 5.81. The van der Waals surface area contributed by atoms with Crippen molar-refractivity contribution in [3.05, 3.63) is 64.3 Å². The highest BCUT2D eigenvalue weighted by Gasteiger charge is 2.23. The van der Waals surface area contributed by atoms with Gasteiger partial charge in [-0.3, -0.25) is 9.78 Å². The summed E-state index contributed by atoms with van der Waals surface area (Å²) in [6.45, 7) is 2.29. The molecular weight excluding hydrogens is 448 g/mol. The summed E-state index contributed by atoms with van der Waals surface area (Å²) >= 11 is 8.19. The SMILES string of the molecule is O=C(c1ccc(-c2cc(-c3ccnc(C4OCCO4)c3)cs2)c(Cl)c1)N1CCC(O)CC1. The van der Waals surface area contributed by atoms with Gasteiger partial charge in [-0.1, -0.05) is 17.7 Å². The number of benzene rings is 1. The normalized spacial score (nSPS) is 17.8. The van der Waals surface area contributed by atoms with Crippen molar-refractivity contribution in [2.24, 2.45) is 0 Å². The molecule has 1 amide bonds. The Labute approximate surface area is 195 Å². The van der Waals surface area contributed by atoms with E-state index in [2.05, 4.69) is 16.4 Å². The molecule has 32 heavy (non-hydrogen) atoms. The van der Waals surface area contributed by atoms with Crippen LogP contribution in [0.5, 0.6) is 0 Å². The predicted molar refractivity (Wildman–Crippen MR) is 124 cm³/mol. The van der Waals surface area contributed by atoms with Gasteiger partial charge in [0.05, 0.1) is 30.0 Å². The van der Waals surface area contributed by atoms with E-state index in [9.17, 15) is 9.90 Å². The molecule has 1 aromatic carbocycles. The summed E-state index contributed by atoms with van der Waals surface area (Å²) in [5, 5.41) is 12.3. The maximum Gasteiger partial charge on any atom is 0.253 e. The first-order chi connectivity index (χ1) is 15.6. The highest BCUT2D eigenvalue weighted by atomic mass is 35.5. The van der Waals surface area contributed by atoms with Crippen LogP contribution in [0.25, 0.3) is 21.6 Å². The molecule has 0 bridgehead atoms. The van der Waals surface area contributed by atoms with E-state index in [0.29, 0.717) is 49.7 Å². The number of carbonyl (C=O) groups is 1. The van der Waals surface area contributed by atoms with Crippen LogP contribution >= 0.6 is 22.9 Å². The molecule has 3 aromatic rings.